The van der Waals surface area contributed by atoms with E-state index in [4.69, 9.17) is 0 Å². The number of rotatable bonds is 2. The average Bonchev–Trinajstić information content (AvgIpc) is 2.93. The monoisotopic (exact) mass is 235 g/mol. The summed E-state index contributed by atoms with van der Waals surface area (Å²) in [7, 11) is 2.18. The SMILES string of the molecule is CN1CCC(c2ncc3n2CCC(CO)C3)C1. The lowest BCUT2D eigenvalue weighted by molar-refractivity contribution is 0.199. The van der Waals surface area contributed by atoms with E-state index in [1.807, 2.05) is 6.20 Å². The van der Waals surface area contributed by atoms with Gasteiger partial charge in [-0.3, -0.25) is 0 Å². The molecule has 1 fully saturated rings. The largest absolute Gasteiger partial charge is 0.396 e. The fourth-order valence-electron chi connectivity index (χ4n) is 3.19. The van der Waals surface area contributed by atoms with Gasteiger partial charge in [0.15, 0.2) is 0 Å². The van der Waals surface area contributed by atoms with Gasteiger partial charge in [0.2, 0.25) is 0 Å². The summed E-state index contributed by atoms with van der Waals surface area (Å²) in [4.78, 5) is 7.02. The van der Waals surface area contributed by atoms with Crippen LogP contribution in [0, 0.1) is 5.92 Å². The number of imidazole rings is 1. The van der Waals surface area contributed by atoms with Crippen molar-refractivity contribution in [2.24, 2.45) is 5.92 Å². The van der Waals surface area contributed by atoms with Crippen molar-refractivity contribution in [3.8, 4) is 0 Å². The minimum atomic E-state index is 0.312. The average molecular weight is 235 g/mol. The lowest BCUT2D eigenvalue weighted by atomic mass is 9.97. The topological polar surface area (TPSA) is 41.3 Å². The number of likely N-dealkylation sites (tertiary alicyclic amines) is 1. The molecule has 0 spiro atoms. The Labute approximate surface area is 102 Å². The lowest BCUT2D eigenvalue weighted by Gasteiger charge is -2.24. The minimum Gasteiger partial charge on any atom is -0.396 e. The molecule has 0 aliphatic carbocycles. The Bertz CT molecular complexity index is 401. The van der Waals surface area contributed by atoms with Gasteiger partial charge in [0.25, 0.3) is 0 Å². The second kappa shape index (κ2) is 4.42. The normalized spacial score (nSPS) is 29.5. The molecule has 0 amide bonds. The first-order chi connectivity index (χ1) is 8.28. The van der Waals surface area contributed by atoms with Gasteiger partial charge in [-0.1, -0.05) is 0 Å². The summed E-state index contributed by atoms with van der Waals surface area (Å²) in [6, 6.07) is 0. The molecule has 17 heavy (non-hydrogen) atoms. The van der Waals surface area contributed by atoms with Crippen molar-refractivity contribution in [2.75, 3.05) is 26.7 Å². The van der Waals surface area contributed by atoms with Crippen molar-refractivity contribution < 1.29 is 5.11 Å². The molecule has 4 nitrogen and oxygen atoms in total. The summed E-state index contributed by atoms with van der Waals surface area (Å²) >= 11 is 0. The van der Waals surface area contributed by atoms with E-state index in [2.05, 4.69) is 21.5 Å². The first-order valence-corrected chi connectivity index (χ1v) is 6.61. The molecule has 3 rings (SSSR count). The first-order valence-electron chi connectivity index (χ1n) is 6.61. The van der Waals surface area contributed by atoms with E-state index in [9.17, 15) is 5.11 Å². The highest BCUT2D eigenvalue weighted by molar-refractivity contribution is 5.14. The van der Waals surface area contributed by atoms with Crippen molar-refractivity contribution in [3.05, 3.63) is 17.7 Å². The van der Waals surface area contributed by atoms with Gasteiger partial charge >= 0.3 is 0 Å². The highest BCUT2D eigenvalue weighted by atomic mass is 16.3. The summed E-state index contributed by atoms with van der Waals surface area (Å²) in [6.07, 6.45) is 5.34. The Hall–Kier alpha value is -0.870. The second-order valence-corrected chi connectivity index (χ2v) is 5.55. The molecule has 1 aromatic rings. The molecule has 2 unspecified atom stereocenters. The van der Waals surface area contributed by atoms with Crippen LogP contribution in [-0.2, 0) is 13.0 Å². The third-order valence-corrected chi connectivity index (χ3v) is 4.24. The first kappa shape index (κ1) is 11.2. The van der Waals surface area contributed by atoms with Crippen LogP contribution in [0.3, 0.4) is 0 Å². The Balaban J connectivity index is 1.81. The number of nitrogens with zero attached hydrogens (tertiary/aromatic N) is 3. The maximum atomic E-state index is 9.23. The van der Waals surface area contributed by atoms with Gasteiger partial charge in [0.1, 0.15) is 5.82 Å². The van der Waals surface area contributed by atoms with E-state index < -0.39 is 0 Å². The molecule has 1 N–H and O–H groups in total. The fraction of sp³-hybridized carbons (Fsp3) is 0.769. The van der Waals surface area contributed by atoms with Crippen LogP contribution in [0.5, 0.6) is 0 Å². The van der Waals surface area contributed by atoms with E-state index in [0.717, 1.165) is 25.9 Å². The van der Waals surface area contributed by atoms with Gasteiger partial charge in [0.05, 0.1) is 0 Å². The maximum absolute atomic E-state index is 9.23. The standard InChI is InChI=1S/C13H21N3O/c1-15-4-3-11(8-15)13-14-7-12-6-10(9-17)2-5-16(12)13/h7,10-11,17H,2-6,8-9H2,1H3. The van der Waals surface area contributed by atoms with Gasteiger partial charge in [-0.25, -0.2) is 4.98 Å². The quantitative estimate of drug-likeness (QED) is 0.826. The molecular formula is C13H21N3O. The van der Waals surface area contributed by atoms with Crippen molar-refractivity contribution in [1.29, 1.82) is 0 Å². The number of hydrogen-bond donors (Lipinski definition) is 1. The molecule has 2 aliphatic rings. The number of likely N-dealkylation sites (N-methyl/N-ethyl adjacent to an activating group) is 1. The van der Waals surface area contributed by atoms with E-state index in [-0.39, 0.29) is 0 Å². The van der Waals surface area contributed by atoms with Crippen LogP contribution in [0.25, 0.3) is 0 Å². The van der Waals surface area contributed by atoms with Crippen LogP contribution in [0.2, 0.25) is 0 Å². The molecule has 94 valence electrons. The van der Waals surface area contributed by atoms with Gasteiger partial charge in [0, 0.05) is 37.5 Å². The van der Waals surface area contributed by atoms with E-state index in [1.54, 1.807) is 0 Å². The molecule has 1 aromatic heterocycles. The molecule has 2 aliphatic heterocycles. The summed E-state index contributed by atoms with van der Waals surface area (Å²) < 4.78 is 2.40. The minimum absolute atomic E-state index is 0.312. The number of aromatic nitrogens is 2. The molecule has 2 atom stereocenters. The van der Waals surface area contributed by atoms with Gasteiger partial charge in [-0.2, -0.15) is 0 Å². The second-order valence-electron chi connectivity index (χ2n) is 5.55. The zero-order chi connectivity index (χ0) is 11.8. The zero-order valence-corrected chi connectivity index (χ0v) is 10.5. The van der Waals surface area contributed by atoms with E-state index in [1.165, 1.54) is 24.5 Å². The van der Waals surface area contributed by atoms with Gasteiger partial charge in [-0.05, 0) is 38.8 Å². The van der Waals surface area contributed by atoms with Gasteiger partial charge < -0.3 is 14.6 Å². The predicted octanol–water partition coefficient (Wildman–Crippen LogP) is 0.857. The Morgan fingerprint density at radius 3 is 3.00 bits per heavy atom. The van der Waals surface area contributed by atoms with Crippen LogP contribution >= 0.6 is 0 Å². The third kappa shape index (κ3) is 2.00. The molecule has 0 bridgehead atoms. The number of aliphatic hydroxyl groups excluding tert-OH is 1. The van der Waals surface area contributed by atoms with E-state index in [0.29, 0.717) is 18.4 Å². The Morgan fingerprint density at radius 2 is 2.29 bits per heavy atom. The van der Waals surface area contributed by atoms with Crippen LogP contribution < -0.4 is 0 Å². The van der Waals surface area contributed by atoms with Crippen molar-refractivity contribution in [2.45, 2.75) is 31.7 Å². The molecular weight excluding hydrogens is 214 g/mol. The highest BCUT2D eigenvalue weighted by Gasteiger charge is 2.28. The smallest absolute Gasteiger partial charge is 0.113 e. The predicted molar refractivity (Wildman–Crippen MR) is 66.0 cm³/mol. The van der Waals surface area contributed by atoms with Crippen LogP contribution in [0.15, 0.2) is 6.20 Å². The van der Waals surface area contributed by atoms with Crippen LogP contribution in [0.1, 0.15) is 30.3 Å². The Kier molecular flexibility index (Phi) is 2.92. The molecule has 0 saturated carbocycles. The molecule has 3 heterocycles. The summed E-state index contributed by atoms with van der Waals surface area (Å²) in [5.41, 5.74) is 1.32. The fourth-order valence-corrected chi connectivity index (χ4v) is 3.19. The van der Waals surface area contributed by atoms with Crippen molar-refractivity contribution >= 4 is 0 Å². The number of hydrogen-bond acceptors (Lipinski definition) is 3. The highest BCUT2D eigenvalue weighted by Crippen LogP contribution is 2.29. The number of aliphatic hydroxyl groups is 1. The third-order valence-electron chi connectivity index (χ3n) is 4.24. The summed E-state index contributed by atoms with van der Waals surface area (Å²) in [6.45, 7) is 3.68. The summed E-state index contributed by atoms with van der Waals surface area (Å²) in [5.74, 6) is 2.33. The molecule has 0 aromatic carbocycles. The van der Waals surface area contributed by atoms with Crippen LogP contribution in [0.4, 0.5) is 0 Å². The molecule has 4 heteroatoms. The Morgan fingerprint density at radius 1 is 1.41 bits per heavy atom. The molecule has 1 saturated heterocycles. The van der Waals surface area contributed by atoms with E-state index >= 15 is 0 Å². The maximum Gasteiger partial charge on any atom is 0.113 e. The van der Waals surface area contributed by atoms with Gasteiger partial charge in [-0.15, -0.1) is 0 Å². The van der Waals surface area contributed by atoms with Crippen molar-refractivity contribution in [1.82, 2.24) is 14.5 Å². The summed E-state index contributed by atoms with van der Waals surface area (Å²) in [5, 5.41) is 9.23. The van der Waals surface area contributed by atoms with Crippen molar-refractivity contribution in [3.63, 3.8) is 0 Å². The molecule has 0 radical (unpaired) electrons. The lowest BCUT2D eigenvalue weighted by Crippen LogP contribution is -2.24. The number of fused-ring (bicyclic) bond motifs is 1. The zero-order valence-electron chi connectivity index (χ0n) is 10.5. The van der Waals surface area contributed by atoms with Crippen LogP contribution in [-0.4, -0.2) is 46.3 Å².